The van der Waals surface area contributed by atoms with E-state index in [1.165, 1.54) is 0 Å². The van der Waals surface area contributed by atoms with Crippen molar-refractivity contribution in [3.05, 3.63) is 47.8 Å². The maximum Gasteiger partial charge on any atom is 0.227 e. The van der Waals surface area contributed by atoms with E-state index in [2.05, 4.69) is 11.2 Å². The van der Waals surface area contributed by atoms with Crippen LogP contribution in [0.3, 0.4) is 0 Å². The van der Waals surface area contributed by atoms with E-state index in [0.29, 0.717) is 18.9 Å². The van der Waals surface area contributed by atoms with Crippen LogP contribution in [-0.2, 0) is 18.3 Å². The lowest BCUT2D eigenvalue weighted by atomic mass is 9.94. The van der Waals surface area contributed by atoms with Gasteiger partial charge in [-0.25, -0.2) is 0 Å². The van der Waals surface area contributed by atoms with Crippen molar-refractivity contribution < 1.29 is 9.53 Å². The summed E-state index contributed by atoms with van der Waals surface area (Å²) in [5, 5.41) is 4.50. The van der Waals surface area contributed by atoms with Crippen LogP contribution in [0, 0.1) is 0 Å². The zero-order valence-corrected chi connectivity index (χ0v) is 14.4. The molecule has 0 aliphatic carbocycles. The van der Waals surface area contributed by atoms with Crippen molar-refractivity contribution in [2.75, 3.05) is 19.7 Å². The summed E-state index contributed by atoms with van der Waals surface area (Å²) in [6, 6.07) is 9.87. The van der Waals surface area contributed by atoms with Gasteiger partial charge >= 0.3 is 0 Å². The first-order chi connectivity index (χ1) is 11.7. The Hall–Kier alpha value is -2.30. The fourth-order valence-electron chi connectivity index (χ4n) is 3.25. The molecular formula is C19H25N3O2. The molecule has 1 aromatic heterocycles. The molecule has 1 aliphatic rings. The first-order valence-corrected chi connectivity index (χ1v) is 8.64. The molecule has 3 rings (SSSR count). The summed E-state index contributed by atoms with van der Waals surface area (Å²) in [5.74, 6) is 1.39. The van der Waals surface area contributed by atoms with Gasteiger partial charge in [0.15, 0.2) is 0 Å². The summed E-state index contributed by atoms with van der Waals surface area (Å²) < 4.78 is 7.27. The third-order valence-electron chi connectivity index (χ3n) is 4.52. The van der Waals surface area contributed by atoms with E-state index in [1.54, 1.807) is 0 Å². The van der Waals surface area contributed by atoms with Gasteiger partial charge in [-0.1, -0.05) is 12.1 Å². The van der Waals surface area contributed by atoms with Gasteiger partial charge in [-0.2, -0.15) is 5.10 Å². The van der Waals surface area contributed by atoms with Crippen molar-refractivity contribution in [3.63, 3.8) is 0 Å². The van der Waals surface area contributed by atoms with Gasteiger partial charge < -0.3 is 9.64 Å². The van der Waals surface area contributed by atoms with Crippen LogP contribution in [0.15, 0.2) is 36.5 Å². The summed E-state index contributed by atoms with van der Waals surface area (Å²) in [7, 11) is 1.93. The largest absolute Gasteiger partial charge is 0.494 e. The summed E-state index contributed by atoms with van der Waals surface area (Å²) in [4.78, 5) is 14.6. The van der Waals surface area contributed by atoms with Gasteiger partial charge in [0.1, 0.15) is 5.75 Å². The predicted octanol–water partition coefficient (Wildman–Crippen LogP) is 2.77. The smallest absolute Gasteiger partial charge is 0.227 e. The van der Waals surface area contributed by atoms with Crippen LogP contribution >= 0.6 is 0 Å². The number of nitrogens with zero attached hydrogens (tertiary/aromatic N) is 3. The number of benzene rings is 1. The molecule has 128 valence electrons. The van der Waals surface area contributed by atoms with Crippen LogP contribution in [-0.4, -0.2) is 40.3 Å². The molecule has 1 aliphatic heterocycles. The Kier molecular flexibility index (Phi) is 5.18. The minimum atomic E-state index is 0.194. The molecule has 1 atom stereocenters. The quantitative estimate of drug-likeness (QED) is 0.848. The van der Waals surface area contributed by atoms with Gasteiger partial charge in [-0.3, -0.25) is 9.48 Å². The molecule has 24 heavy (non-hydrogen) atoms. The van der Waals surface area contributed by atoms with Crippen LogP contribution < -0.4 is 4.74 Å². The Labute approximate surface area is 143 Å². The van der Waals surface area contributed by atoms with Crippen LogP contribution in [0.1, 0.15) is 36.9 Å². The first kappa shape index (κ1) is 16.6. The Morgan fingerprint density at radius 2 is 2.08 bits per heavy atom. The number of carbonyl (C=O) groups is 1. The number of rotatable bonds is 5. The lowest BCUT2D eigenvalue weighted by molar-refractivity contribution is -0.131. The number of aryl methyl sites for hydroxylation is 1. The highest BCUT2D eigenvalue weighted by molar-refractivity contribution is 5.79. The molecule has 5 heteroatoms. The van der Waals surface area contributed by atoms with E-state index in [9.17, 15) is 4.79 Å². The molecule has 0 radical (unpaired) electrons. The zero-order valence-electron chi connectivity index (χ0n) is 14.4. The van der Waals surface area contributed by atoms with E-state index in [0.717, 1.165) is 42.9 Å². The number of piperidine rings is 1. The van der Waals surface area contributed by atoms with Crippen molar-refractivity contribution in [2.24, 2.45) is 7.05 Å². The number of ether oxygens (including phenoxy) is 1. The molecule has 1 saturated heterocycles. The second-order valence-electron chi connectivity index (χ2n) is 6.35. The molecule has 1 fully saturated rings. The van der Waals surface area contributed by atoms with Crippen LogP contribution in [0.25, 0.3) is 0 Å². The van der Waals surface area contributed by atoms with Crippen molar-refractivity contribution in [1.29, 1.82) is 0 Å². The monoisotopic (exact) mass is 327 g/mol. The van der Waals surface area contributed by atoms with E-state index >= 15 is 0 Å². The van der Waals surface area contributed by atoms with Gasteiger partial charge in [0, 0.05) is 32.3 Å². The third kappa shape index (κ3) is 3.96. The molecule has 0 spiro atoms. The Balaban J connectivity index is 1.59. The van der Waals surface area contributed by atoms with E-state index in [1.807, 2.05) is 54.0 Å². The standard InChI is InChI=1S/C19H25N3O2/c1-3-24-17-8-6-15(7-9-17)13-19(23)22-11-4-5-16(14-22)18-10-12-21(2)20-18/h6-10,12,16H,3-5,11,13-14H2,1-2H3. The molecule has 1 aromatic carbocycles. The SMILES string of the molecule is CCOc1ccc(CC(=O)N2CCCC(c3ccn(C)n3)C2)cc1. The van der Waals surface area contributed by atoms with Crippen molar-refractivity contribution in [3.8, 4) is 5.75 Å². The number of aromatic nitrogens is 2. The number of likely N-dealkylation sites (tertiary alicyclic amines) is 1. The third-order valence-corrected chi connectivity index (χ3v) is 4.52. The predicted molar refractivity (Wildman–Crippen MR) is 93.1 cm³/mol. The second-order valence-corrected chi connectivity index (χ2v) is 6.35. The molecule has 0 saturated carbocycles. The second kappa shape index (κ2) is 7.51. The molecule has 2 heterocycles. The molecule has 1 amide bonds. The molecule has 2 aromatic rings. The molecule has 0 bridgehead atoms. The maximum atomic E-state index is 12.6. The highest BCUT2D eigenvalue weighted by Gasteiger charge is 2.26. The highest BCUT2D eigenvalue weighted by atomic mass is 16.5. The Morgan fingerprint density at radius 1 is 1.29 bits per heavy atom. The van der Waals surface area contributed by atoms with Gasteiger partial charge in [0.2, 0.25) is 5.91 Å². The molecule has 1 unspecified atom stereocenters. The Bertz CT molecular complexity index is 678. The number of amides is 1. The summed E-state index contributed by atoms with van der Waals surface area (Å²) in [6.07, 6.45) is 4.55. The van der Waals surface area contributed by atoms with Crippen molar-refractivity contribution in [1.82, 2.24) is 14.7 Å². The summed E-state index contributed by atoms with van der Waals surface area (Å²) in [6.45, 7) is 4.23. The van der Waals surface area contributed by atoms with Gasteiger partial charge in [-0.15, -0.1) is 0 Å². The van der Waals surface area contributed by atoms with E-state index < -0.39 is 0 Å². The minimum absolute atomic E-state index is 0.194. The maximum absolute atomic E-state index is 12.6. The van der Waals surface area contributed by atoms with Gasteiger partial charge in [0.05, 0.1) is 18.7 Å². The average molecular weight is 327 g/mol. The molecule has 5 nitrogen and oxygen atoms in total. The lowest BCUT2D eigenvalue weighted by Gasteiger charge is -2.32. The van der Waals surface area contributed by atoms with Crippen LogP contribution in [0.5, 0.6) is 5.75 Å². The summed E-state index contributed by atoms with van der Waals surface area (Å²) in [5.41, 5.74) is 2.12. The van der Waals surface area contributed by atoms with Crippen LogP contribution in [0.2, 0.25) is 0 Å². The summed E-state index contributed by atoms with van der Waals surface area (Å²) >= 11 is 0. The lowest BCUT2D eigenvalue weighted by Crippen LogP contribution is -2.40. The number of carbonyl (C=O) groups excluding carboxylic acids is 1. The van der Waals surface area contributed by atoms with Gasteiger partial charge in [0.25, 0.3) is 0 Å². The average Bonchev–Trinajstić information content (AvgIpc) is 3.03. The minimum Gasteiger partial charge on any atom is -0.494 e. The molecular weight excluding hydrogens is 302 g/mol. The van der Waals surface area contributed by atoms with Crippen molar-refractivity contribution >= 4 is 5.91 Å². The Morgan fingerprint density at radius 3 is 2.75 bits per heavy atom. The topological polar surface area (TPSA) is 47.4 Å². The number of hydrogen-bond donors (Lipinski definition) is 0. The highest BCUT2D eigenvalue weighted by Crippen LogP contribution is 2.26. The van der Waals surface area contributed by atoms with Crippen LogP contribution in [0.4, 0.5) is 0 Å². The van der Waals surface area contributed by atoms with Gasteiger partial charge in [-0.05, 0) is 43.5 Å². The van der Waals surface area contributed by atoms with E-state index in [4.69, 9.17) is 4.74 Å². The van der Waals surface area contributed by atoms with Crippen molar-refractivity contribution in [2.45, 2.75) is 32.1 Å². The number of hydrogen-bond acceptors (Lipinski definition) is 3. The normalized spacial score (nSPS) is 17.8. The fourth-order valence-corrected chi connectivity index (χ4v) is 3.25. The zero-order chi connectivity index (χ0) is 16.9. The first-order valence-electron chi connectivity index (χ1n) is 8.64. The van der Waals surface area contributed by atoms with E-state index in [-0.39, 0.29) is 5.91 Å². The fraction of sp³-hybridized carbons (Fsp3) is 0.474. The molecule has 0 N–H and O–H groups in total.